The van der Waals surface area contributed by atoms with Gasteiger partial charge >= 0.3 is 0 Å². The smallest absolute Gasteiger partial charge is 0.256 e. The van der Waals surface area contributed by atoms with Crippen LogP contribution in [0.1, 0.15) is 27.9 Å². The third kappa shape index (κ3) is 6.36. The van der Waals surface area contributed by atoms with Crippen LogP contribution in [0.5, 0.6) is 17.2 Å². The molecule has 11 nitrogen and oxygen atoms in total. The largest absolute Gasteiger partial charge is 0.497 e. The van der Waals surface area contributed by atoms with Gasteiger partial charge in [0.1, 0.15) is 28.5 Å². The number of ether oxygens (including phenoxy) is 2. The molecule has 1 atom stereocenters. The number of H-pyrrole nitrogens is 1. The third-order valence-corrected chi connectivity index (χ3v) is 7.41. The molecule has 0 bridgehead atoms. The monoisotopic (exact) mass is 578 g/mol. The van der Waals surface area contributed by atoms with Crippen molar-refractivity contribution in [2.75, 3.05) is 49.8 Å². The molecule has 2 aromatic carbocycles. The zero-order valence-electron chi connectivity index (χ0n) is 24.3. The number of methoxy groups -OCH3 is 1. The number of nitrogens with one attached hydrogen (secondary N) is 4. The van der Waals surface area contributed by atoms with Crippen LogP contribution in [0, 0.1) is 0 Å². The van der Waals surface area contributed by atoms with E-state index in [4.69, 9.17) is 9.47 Å². The zero-order chi connectivity index (χ0) is 29.8. The van der Waals surface area contributed by atoms with E-state index in [0.29, 0.717) is 40.8 Å². The molecule has 1 amide bonds. The number of anilines is 3. The van der Waals surface area contributed by atoms with Crippen LogP contribution in [0.4, 0.5) is 17.3 Å². The van der Waals surface area contributed by atoms with Gasteiger partial charge in [-0.3, -0.25) is 9.89 Å². The molecule has 1 aliphatic rings. The molecule has 0 radical (unpaired) electrons. The first-order valence-electron chi connectivity index (χ1n) is 14.2. The molecule has 0 unspecified atom stereocenters. The van der Waals surface area contributed by atoms with Gasteiger partial charge in [-0.15, -0.1) is 0 Å². The Bertz CT molecular complexity index is 1710. The van der Waals surface area contributed by atoms with Crippen LogP contribution in [0.25, 0.3) is 11.0 Å². The van der Waals surface area contributed by atoms with E-state index in [1.165, 1.54) is 0 Å². The van der Waals surface area contributed by atoms with Crippen LogP contribution < -0.4 is 30.3 Å². The molecule has 0 spiro atoms. The van der Waals surface area contributed by atoms with E-state index in [-0.39, 0.29) is 11.9 Å². The summed E-state index contributed by atoms with van der Waals surface area (Å²) in [6.45, 7) is 1.82. The summed E-state index contributed by atoms with van der Waals surface area (Å²) in [6, 6.07) is 19.0. The lowest BCUT2D eigenvalue weighted by Crippen LogP contribution is -2.22. The van der Waals surface area contributed by atoms with Gasteiger partial charge in [0, 0.05) is 68.4 Å². The fraction of sp³-hybridized carbons (Fsp3) is 0.250. The normalized spacial score (nSPS) is 14.4. The second kappa shape index (κ2) is 12.4. The summed E-state index contributed by atoms with van der Waals surface area (Å²) in [5, 5.41) is 18.2. The molecule has 4 N–H and O–H groups in total. The summed E-state index contributed by atoms with van der Waals surface area (Å²) in [4.78, 5) is 23.9. The molecule has 3 aromatic heterocycles. The van der Waals surface area contributed by atoms with Crippen LogP contribution in [0.2, 0.25) is 0 Å². The molecule has 0 aliphatic carbocycles. The van der Waals surface area contributed by atoms with Gasteiger partial charge in [-0.05, 0) is 61.0 Å². The molecule has 0 saturated carbocycles. The van der Waals surface area contributed by atoms with Gasteiger partial charge < -0.3 is 30.3 Å². The highest BCUT2D eigenvalue weighted by Crippen LogP contribution is 2.38. The van der Waals surface area contributed by atoms with E-state index >= 15 is 0 Å². The van der Waals surface area contributed by atoms with Crippen molar-refractivity contribution in [2.24, 2.45) is 0 Å². The van der Waals surface area contributed by atoms with Crippen LogP contribution in [-0.2, 0) is 6.42 Å². The number of aromatic amines is 1. The number of benzene rings is 2. The lowest BCUT2D eigenvalue weighted by Gasteiger charge is -2.16. The zero-order valence-corrected chi connectivity index (χ0v) is 24.3. The molecule has 43 heavy (non-hydrogen) atoms. The number of pyridine rings is 2. The van der Waals surface area contributed by atoms with E-state index < -0.39 is 0 Å². The van der Waals surface area contributed by atoms with Crippen molar-refractivity contribution >= 4 is 34.3 Å². The van der Waals surface area contributed by atoms with Crippen molar-refractivity contribution in [3.63, 3.8) is 0 Å². The Morgan fingerprint density at radius 3 is 2.56 bits per heavy atom. The second-order valence-corrected chi connectivity index (χ2v) is 10.6. The highest BCUT2D eigenvalue weighted by atomic mass is 16.5. The number of fused-ring (bicyclic) bond motifs is 1. The quantitative estimate of drug-likeness (QED) is 0.184. The number of hydrogen-bond acceptors (Lipinski definition) is 9. The Labute approximate surface area is 249 Å². The lowest BCUT2D eigenvalue weighted by atomic mass is 10.0. The van der Waals surface area contributed by atoms with Crippen molar-refractivity contribution in [1.29, 1.82) is 0 Å². The van der Waals surface area contributed by atoms with Gasteiger partial charge in [-0.2, -0.15) is 5.10 Å². The number of nitrogens with zero attached hydrogens (tertiary/aromatic N) is 4. The van der Waals surface area contributed by atoms with E-state index in [0.717, 1.165) is 47.5 Å². The van der Waals surface area contributed by atoms with Crippen LogP contribution >= 0.6 is 0 Å². The van der Waals surface area contributed by atoms with Crippen molar-refractivity contribution < 1.29 is 14.3 Å². The Hall–Kier alpha value is -5.16. The minimum atomic E-state index is -0.257. The minimum Gasteiger partial charge on any atom is -0.497 e. The Morgan fingerprint density at radius 2 is 1.84 bits per heavy atom. The maximum atomic E-state index is 13.0. The van der Waals surface area contributed by atoms with E-state index in [1.807, 2.05) is 61.6 Å². The van der Waals surface area contributed by atoms with E-state index in [9.17, 15) is 4.79 Å². The highest BCUT2D eigenvalue weighted by molar-refractivity contribution is 6.04. The summed E-state index contributed by atoms with van der Waals surface area (Å²) < 4.78 is 11.9. The molecule has 5 aromatic rings. The summed E-state index contributed by atoms with van der Waals surface area (Å²) >= 11 is 0. The lowest BCUT2D eigenvalue weighted by molar-refractivity contribution is 0.102. The van der Waals surface area contributed by atoms with Gasteiger partial charge in [-0.1, -0.05) is 12.1 Å². The summed E-state index contributed by atoms with van der Waals surface area (Å²) in [5.41, 5.74) is 4.05. The molecule has 220 valence electrons. The Kier molecular flexibility index (Phi) is 8.05. The van der Waals surface area contributed by atoms with Crippen LogP contribution in [-0.4, -0.2) is 66.4 Å². The first kappa shape index (κ1) is 28.0. The number of aromatic nitrogens is 4. The SMILES string of the molecule is COc1ccc(Cc2cnc3[nH]nc(N[C@@H]4CCNC4)c3c2Oc2ccc(C(=O)Nc3cc(N(C)C)ccn3)cc2)cc1. The first-order valence-corrected chi connectivity index (χ1v) is 14.2. The van der Waals surface area contributed by atoms with Gasteiger partial charge in [0.25, 0.3) is 5.91 Å². The van der Waals surface area contributed by atoms with Crippen molar-refractivity contribution in [3.05, 3.63) is 89.7 Å². The van der Waals surface area contributed by atoms with Crippen LogP contribution in [0.3, 0.4) is 0 Å². The fourth-order valence-electron chi connectivity index (χ4n) is 5.03. The molecule has 6 rings (SSSR count). The number of rotatable bonds is 10. The van der Waals surface area contributed by atoms with Gasteiger partial charge in [0.05, 0.1) is 7.11 Å². The highest BCUT2D eigenvalue weighted by Gasteiger charge is 2.22. The van der Waals surface area contributed by atoms with E-state index in [1.54, 1.807) is 37.6 Å². The fourth-order valence-corrected chi connectivity index (χ4v) is 5.03. The Morgan fingerprint density at radius 1 is 1.05 bits per heavy atom. The number of amides is 1. The predicted molar refractivity (Wildman–Crippen MR) is 168 cm³/mol. The standard InChI is InChI=1S/C32H34N8O3/c1-40(2)24-13-15-34-27(17-24)37-32(41)21-6-10-26(11-7-21)43-29-22(16-20-4-8-25(42-3)9-5-20)18-35-30-28(29)31(39-38-30)36-23-12-14-33-19-23/h4-11,13,15,17-18,23,33H,12,14,16,19H2,1-3H3,(H,34,37,41)(H2,35,36,38,39)/t23-/m1/s1. The van der Waals surface area contributed by atoms with Crippen LogP contribution in [0.15, 0.2) is 73.1 Å². The van der Waals surface area contributed by atoms with Crippen molar-refractivity contribution in [3.8, 4) is 17.2 Å². The average Bonchev–Trinajstić information content (AvgIpc) is 3.69. The summed E-state index contributed by atoms with van der Waals surface area (Å²) in [5.74, 6) is 2.97. The summed E-state index contributed by atoms with van der Waals surface area (Å²) in [7, 11) is 5.53. The van der Waals surface area contributed by atoms with Gasteiger partial charge in [-0.25, -0.2) is 9.97 Å². The minimum absolute atomic E-state index is 0.257. The average molecular weight is 579 g/mol. The second-order valence-electron chi connectivity index (χ2n) is 10.6. The summed E-state index contributed by atoms with van der Waals surface area (Å²) in [6.07, 6.45) is 5.08. The third-order valence-electron chi connectivity index (χ3n) is 7.41. The van der Waals surface area contributed by atoms with Gasteiger partial charge in [0.15, 0.2) is 11.5 Å². The van der Waals surface area contributed by atoms with Gasteiger partial charge in [0.2, 0.25) is 0 Å². The maximum Gasteiger partial charge on any atom is 0.256 e. The molecule has 1 saturated heterocycles. The molecule has 1 aliphatic heterocycles. The number of carbonyl (C=O) groups excluding carboxylic acids is 1. The first-order chi connectivity index (χ1) is 21.0. The molecule has 1 fully saturated rings. The topological polar surface area (TPSA) is 129 Å². The maximum absolute atomic E-state index is 13.0. The molecular formula is C32H34N8O3. The Balaban J connectivity index is 1.28. The van der Waals surface area contributed by atoms with Crippen molar-refractivity contribution in [2.45, 2.75) is 18.9 Å². The molecule has 4 heterocycles. The number of carbonyl (C=O) groups is 1. The molecular weight excluding hydrogens is 544 g/mol. The molecule has 11 heteroatoms. The number of hydrogen-bond donors (Lipinski definition) is 4. The predicted octanol–water partition coefficient (Wildman–Crippen LogP) is 4.84. The van der Waals surface area contributed by atoms with E-state index in [2.05, 4.69) is 36.1 Å². The van der Waals surface area contributed by atoms with Crippen molar-refractivity contribution in [1.82, 2.24) is 25.5 Å².